The van der Waals surface area contributed by atoms with Crippen LogP contribution in [0, 0.1) is 0 Å². The molecule has 0 aromatic heterocycles. The number of nitrogen functional groups attached to an aromatic ring is 1. The molecular weight excluding hydrogens is 334 g/mol. The van der Waals surface area contributed by atoms with Crippen molar-refractivity contribution in [2.75, 3.05) is 31.9 Å². The molecule has 0 unspecified atom stereocenters. The summed E-state index contributed by atoms with van der Waals surface area (Å²) in [5.74, 6) is 0.106. The maximum atomic E-state index is 12.6. The van der Waals surface area contributed by atoms with Gasteiger partial charge in [-0.25, -0.2) is 0 Å². The lowest BCUT2D eigenvalue weighted by atomic mass is 10.1. The fraction of sp³-hybridized carbons (Fsp3) is 0.467. The van der Waals surface area contributed by atoms with E-state index < -0.39 is 0 Å². The Morgan fingerprint density at radius 1 is 1.19 bits per heavy atom. The zero-order chi connectivity index (χ0) is 15.4. The molecule has 2 rings (SSSR count). The maximum absolute atomic E-state index is 12.6. The van der Waals surface area contributed by atoms with Gasteiger partial charge in [0.05, 0.1) is 10.0 Å². The van der Waals surface area contributed by atoms with Gasteiger partial charge in [-0.2, -0.15) is 0 Å². The lowest BCUT2D eigenvalue weighted by Crippen LogP contribution is -2.37. The minimum Gasteiger partial charge on any atom is -0.398 e. The SMILES string of the molecule is CCC(=O)N1CCCN(C(=O)c2cccc(N)c2Br)CC1. The van der Waals surface area contributed by atoms with Crippen LogP contribution in [0.25, 0.3) is 0 Å². The van der Waals surface area contributed by atoms with Gasteiger partial charge in [0, 0.05) is 38.3 Å². The van der Waals surface area contributed by atoms with Crippen LogP contribution in [-0.4, -0.2) is 47.8 Å². The van der Waals surface area contributed by atoms with Gasteiger partial charge in [0.2, 0.25) is 5.91 Å². The fourth-order valence-corrected chi connectivity index (χ4v) is 2.91. The minimum atomic E-state index is -0.0417. The van der Waals surface area contributed by atoms with Crippen molar-refractivity contribution in [1.29, 1.82) is 0 Å². The Labute approximate surface area is 133 Å². The summed E-state index contributed by atoms with van der Waals surface area (Å²) in [5.41, 5.74) is 6.96. The molecule has 2 amide bonds. The van der Waals surface area contributed by atoms with E-state index in [0.29, 0.717) is 48.3 Å². The predicted octanol–water partition coefficient (Wildman–Crippen LogP) is 2.12. The molecule has 5 nitrogen and oxygen atoms in total. The Morgan fingerprint density at radius 3 is 2.57 bits per heavy atom. The van der Waals surface area contributed by atoms with Crippen LogP contribution in [0.2, 0.25) is 0 Å². The van der Waals surface area contributed by atoms with Crippen molar-refractivity contribution in [3.05, 3.63) is 28.2 Å². The summed E-state index contributed by atoms with van der Waals surface area (Å²) >= 11 is 3.38. The van der Waals surface area contributed by atoms with Crippen LogP contribution < -0.4 is 5.73 Å². The Kier molecular flexibility index (Phi) is 5.22. The molecule has 0 spiro atoms. The van der Waals surface area contributed by atoms with Crippen LogP contribution in [0.1, 0.15) is 30.1 Å². The molecule has 1 aliphatic heterocycles. The van der Waals surface area contributed by atoms with Gasteiger partial charge in [0.25, 0.3) is 5.91 Å². The average molecular weight is 354 g/mol. The monoisotopic (exact) mass is 353 g/mol. The summed E-state index contributed by atoms with van der Waals surface area (Å²) in [7, 11) is 0. The third-order valence-corrected chi connectivity index (χ3v) is 4.58. The minimum absolute atomic E-state index is 0.0417. The van der Waals surface area contributed by atoms with Gasteiger partial charge >= 0.3 is 0 Å². The van der Waals surface area contributed by atoms with Gasteiger partial charge in [0.1, 0.15) is 0 Å². The second kappa shape index (κ2) is 6.93. The fourth-order valence-electron chi connectivity index (χ4n) is 2.48. The molecular formula is C15H20BrN3O2. The number of anilines is 1. The summed E-state index contributed by atoms with van der Waals surface area (Å²) in [6.07, 6.45) is 1.31. The normalized spacial score (nSPS) is 15.7. The van der Waals surface area contributed by atoms with Gasteiger partial charge in [-0.3, -0.25) is 9.59 Å². The summed E-state index contributed by atoms with van der Waals surface area (Å²) in [6, 6.07) is 5.30. The number of hydrogen-bond acceptors (Lipinski definition) is 3. The maximum Gasteiger partial charge on any atom is 0.255 e. The van der Waals surface area contributed by atoms with Crippen molar-refractivity contribution >= 4 is 33.4 Å². The third-order valence-electron chi connectivity index (χ3n) is 3.70. The highest BCUT2D eigenvalue weighted by Crippen LogP contribution is 2.25. The van der Waals surface area contributed by atoms with E-state index >= 15 is 0 Å². The summed E-state index contributed by atoms with van der Waals surface area (Å²) in [4.78, 5) is 28.0. The van der Waals surface area contributed by atoms with Gasteiger partial charge < -0.3 is 15.5 Å². The summed E-state index contributed by atoms with van der Waals surface area (Å²) in [5, 5.41) is 0. The van der Waals surface area contributed by atoms with Gasteiger partial charge in [-0.05, 0) is 34.5 Å². The van der Waals surface area contributed by atoms with E-state index in [2.05, 4.69) is 15.9 Å². The largest absolute Gasteiger partial charge is 0.398 e. The quantitative estimate of drug-likeness (QED) is 0.828. The van der Waals surface area contributed by atoms with Gasteiger partial charge in [-0.1, -0.05) is 13.0 Å². The van der Waals surface area contributed by atoms with Crippen LogP contribution in [0.5, 0.6) is 0 Å². The van der Waals surface area contributed by atoms with Gasteiger partial charge in [-0.15, -0.1) is 0 Å². The number of halogens is 1. The second-order valence-corrected chi connectivity index (χ2v) is 5.88. The molecule has 2 N–H and O–H groups in total. The van der Waals surface area contributed by atoms with E-state index in [4.69, 9.17) is 5.73 Å². The van der Waals surface area contributed by atoms with Crippen molar-refractivity contribution in [2.45, 2.75) is 19.8 Å². The molecule has 0 saturated carbocycles. The van der Waals surface area contributed by atoms with E-state index in [9.17, 15) is 9.59 Å². The average Bonchev–Trinajstić information content (AvgIpc) is 2.74. The molecule has 21 heavy (non-hydrogen) atoms. The standard InChI is InChI=1S/C15H20BrN3O2/c1-2-13(20)18-7-4-8-19(10-9-18)15(21)11-5-3-6-12(17)14(11)16/h3,5-6H,2,4,7-10,17H2,1H3. The highest BCUT2D eigenvalue weighted by atomic mass is 79.9. The van der Waals surface area contributed by atoms with E-state index in [0.717, 1.165) is 6.42 Å². The molecule has 114 valence electrons. The highest BCUT2D eigenvalue weighted by molar-refractivity contribution is 9.10. The van der Waals surface area contributed by atoms with Crippen molar-refractivity contribution in [3.63, 3.8) is 0 Å². The molecule has 0 bridgehead atoms. The number of nitrogens with zero attached hydrogens (tertiary/aromatic N) is 2. The number of rotatable bonds is 2. The lowest BCUT2D eigenvalue weighted by molar-refractivity contribution is -0.130. The Morgan fingerprint density at radius 2 is 1.86 bits per heavy atom. The van der Waals surface area contributed by atoms with Crippen molar-refractivity contribution < 1.29 is 9.59 Å². The molecule has 0 radical (unpaired) electrons. The smallest absolute Gasteiger partial charge is 0.255 e. The number of nitrogens with two attached hydrogens (primary N) is 1. The number of carbonyl (C=O) groups is 2. The number of hydrogen-bond donors (Lipinski definition) is 1. The molecule has 0 atom stereocenters. The lowest BCUT2D eigenvalue weighted by Gasteiger charge is -2.22. The number of amides is 2. The molecule has 1 aromatic rings. The topological polar surface area (TPSA) is 66.6 Å². The van der Waals surface area contributed by atoms with Crippen molar-refractivity contribution in [2.24, 2.45) is 0 Å². The first-order valence-corrected chi connectivity index (χ1v) is 7.95. The van der Waals surface area contributed by atoms with E-state index in [1.54, 1.807) is 23.1 Å². The molecule has 1 fully saturated rings. The highest BCUT2D eigenvalue weighted by Gasteiger charge is 2.23. The van der Waals surface area contributed by atoms with E-state index in [1.807, 2.05) is 11.8 Å². The molecule has 0 aliphatic carbocycles. The predicted molar refractivity (Wildman–Crippen MR) is 85.9 cm³/mol. The van der Waals surface area contributed by atoms with Crippen LogP contribution in [-0.2, 0) is 4.79 Å². The van der Waals surface area contributed by atoms with Crippen molar-refractivity contribution in [3.8, 4) is 0 Å². The first-order valence-electron chi connectivity index (χ1n) is 7.15. The Bertz CT molecular complexity index is 548. The Balaban J connectivity index is 2.10. The van der Waals surface area contributed by atoms with E-state index in [1.165, 1.54) is 0 Å². The molecule has 1 saturated heterocycles. The van der Waals surface area contributed by atoms with Crippen LogP contribution >= 0.6 is 15.9 Å². The Hall–Kier alpha value is -1.56. The van der Waals surface area contributed by atoms with Crippen LogP contribution in [0.3, 0.4) is 0 Å². The molecule has 1 aromatic carbocycles. The van der Waals surface area contributed by atoms with Crippen molar-refractivity contribution in [1.82, 2.24) is 9.80 Å². The molecule has 1 heterocycles. The first kappa shape index (κ1) is 15.8. The zero-order valence-electron chi connectivity index (χ0n) is 12.1. The van der Waals surface area contributed by atoms with Gasteiger partial charge in [0.15, 0.2) is 0 Å². The number of benzene rings is 1. The second-order valence-electron chi connectivity index (χ2n) is 5.09. The zero-order valence-corrected chi connectivity index (χ0v) is 13.7. The van der Waals surface area contributed by atoms with Crippen LogP contribution in [0.15, 0.2) is 22.7 Å². The molecule has 6 heteroatoms. The first-order chi connectivity index (χ1) is 10.0. The summed E-state index contributed by atoms with van der Waals surface area (Å²) in [6.45, 7) is 4.40. The third kappa shape index (κ3) is 3.56. The van der Waals surface area contributed by atoms with Crippen LogP contribution in [0.4, 0.5) is 5.69 Å². The summed E-state index contributed by atoms with van der Waals surface area (Å²) < 4.78 is 0.640. The van der Waals surface area contributed by atoms with E-state index in [-0.39, 0.29) is 11.8 Å². The molecule has 1 aliphatic rings. The number of carbonyl (C=O) groups excluding carboxylic acids is 2.